The average Bonchev–Trinajstić information content (AvgIpc) is 3.12. The fourth-order valence-corrected chi connectivity index (χ4v) is 5.30. The van der Waals surface area contributed by atoms with E-state index in [1.54, 1.807) is 4.90 Å². The molecule has 2 aromatic carbocycles. The van der Waals surface area contributed by atoms with Gasteiger partial charge < -0.3 is 19.5 Å². The highest BCUT2D eigenvalue weighted by atomic mass is 79.9. The van der Waals surface area contributed by atoms with Gasteiger partial charge in [0.05, 0.1) is 23.0 Å². The molecule has 0 bridgehead atoms. The molecule has 10 heteroatoms. The van der Waals surface area contributed by atoms with Crippen molar-refractivity contribution in [1.82, 2.24) is 0 Å². The number of hydrogen-bond donors (Lipinski definition) is 1. The lowest BCUT2D eigenvalue weighted by atomic mass is 10.1. The molecule has 3 rings (SSSR count). The SMILES string of the molecule is COC(=O)c1sc(-c2cccc(CN(C(C)=O)c3ccc(Br)cc3)c2)c(Br)c1OCC(=O)O. The molecule has 0 aliphatic heterocycles. The summed E-state index contributed by atoms with van der Waals surface area (Å²) in [6.45, 7) is 1.26. The number of ether oxygens (including phenoxy) is 2. The van der Waals surface area contributed by atoms with Crippen LogP contribution >= 0.6 is 43.2 Å². The summed E-state index contributed by atoms with van der Waals surface area (Å²) in [5.41, 5.74) is 2.42. The van der Waals surface area contributed by atoms with Crippen molar-refractivity contribution < 1.29 is 29.0 Å². The largest absolute Gasteiger partial charge is 0.479 e. The molecule has 0 atom stereocenters. The molecule has 0 unspecified atom stereocenters. The molecular weight excluding hydrogens is 578 g/mol. The number of carboxylic acids is 1. The first-order valence-corrected chi connectivity index (χ1v) is 12.0. The first-order chi connectivity index (χ1) is 15.7. The number of hydrogen-bond acceptors (Lipinski definition) is 6. The van der Waals surface area contributed by atoms with Crippen molar-refractivity contribution in [2.75, 3.05) is 18.6 Å². The summed E-state index contributed by atoms with van der Waals surface area (Å²) in [4.78, 5) is 38.0. The van der Waals surface area contributed by atoms with Crippen LogP contribution in [0.4, 0.5) is 5.69 Å². The number of benzene rings is 2. The van der Waals surface area contributed by atoms with Crippen molar-refractivity contribution in [3.8, 4) is 16.2 Å². The van der Waals surface area contributed by atoms with Crippen LogP contribution in [0.5, 0.6) is 5.75 Å². The third-order valence-electron chi connectivity index (χ3n) is 4.57. The monoisotopic (exact) mass is 595 g/mol. The lowest BCUT2D eigenvalue weighted by molar-refractivity contribution is -0.139. The Hall–Kier alpha value is -2.69. The Labute approximate surface area is 211 Å². The summed E-state index contributed by atoms with van der Waals surface area (Å²) in [6.07, 6.45) is 0. The summed E-state index contributed by atoms with van der Waals surface area (Å²) in [6, 6.07) is 15.0. The van der Waals surface area contributed by atoms with Crippen LogP contribution in [0.2, 0.25) is 0 Å². The number of aliphatic carboxylic acids is 1. The minimum Gasteiger partial charge on any atom is -0.479 e. The maximum absolute atomic E-state index is 12.3. The molecule has 1 amide bonds. The van der Waals surface area contributed by atoms with Gasteiger partial charge in [-0.05, 0) is 57.4 Å². The Morgan fingerprint density at radius 3 is 2.39 bits per heavy atom. The van der Waals surface area contributed by atoms with Crippen LogP contribution in [0.25, 0.3) is 10.4 Å². The number of amides is 1. The van der Waals surface area contributed by atoms with Crippen LogP contribution in [0.3, 0.4) is 0 Å². The summed E-state index contributed by atoms with van der Waals surface area (Å²) in [5, 5.41) is 8.96. The highest BCUT2D eigenvalue weighted by Crippen LogP contribution is 2.46. The summed E-state index contributed by atoms with van der Waals surface area (Å²) in [5.74, 6) is -1.77. The number of carboxylic acid groups (broad SMARTS) is 1. The van der Waals surface area contributed by atoms with E-state index in [9.17, 15) is 14.4 Å². The van der Waals surface area contributed by atoms with Gasteiger partial charge in [0.15, 0.2) is 17.2 Å². The van der Waals surface area contributed by atoms with Crippen molar-refractivity contribution >= 4 is 66.7 Å². The number of carbonyl (C=O) groups excluding carboxylic acids is 2. The summed E-state index contributed by atoms with van der Waals surface area (Å²) in [7, 11) is 1.25. The van der Waals surface area contributed by atoms with Gasteiger partial charge in [-0.3, -0.25) is 4.79 Å². The fraction of sp³-hybridized carbons (Fsp3) is 0.174. The molecule has 7 nitrogen and oxygen atoms in total. The van der Waals surface area contributed by atoms with Crippen LogP contribution in [0, 0.1) is 0 Å². The van der Waals surface area contributed by atoms with Crippen molar-refractivity contribution in [3.63, 3.8) is 0 Å². The van der Waals surface area contributed by atoms with E-state index in [2.05, 4.69) is 31.9 Å². The Balaban J connectivity index is 1.97. The van der Waals surface area contributed by atoms with Crippen LogP contribution in [-0.4, -0.2) is 36.7 Å². The van der Waals surface area contributed by atoms with E-state index in [0.717, 1.165) is 32.6 Å². The van der Waals surface area contributed by atoms with E-state index in [1.807, 2.05) is 48.5 Å². The molecule has 1 N–H and O–H groups in total. The van der Waals surface area contributed by atoms with E-state index in [0.29, 0.717) is 15.9 Å². The van der Waals surface area contributed by atoms with Gasteiger partial charge in [0, 0.05) is 17.1 Å². The number of nitrogens with zero attached hydrogens (tertiary/aromatic N) is 1. The van der Waals surface area contributed by atoms with Gasteiger partial charge in [-0.25, -0.2) is 9.59 Å². The molecule has 0 fully saturated rings. The number of methoxy groups -OCH3 is 1. The third kappa shape index (κ3) is 6.01. The number of esters is 1. The Morgan fingerprint density at radius 2 is 1.79 bits per heavy atom. The summed E-state index contributed by atoms with van der Waals surface area (Å²) < 4.78 is 11.6. The minimum absolute atomic E-state index is 0.0997. The molecule has 3 aromatic rings. The molecule has 0 aliphatic rings. The van der Waals surface area contributed by atoms with Crippen molar-refractivity contribution in [3.05, 3.63) is 67.9 Å². The standard InChI is InChI=1S/C23H19Br2NO6S/c1-13(27)26(17-8-6-16(24)7-9-17)11-14-4-3-5-15(10-14)21-19(25)20(32-12-18(28)29)22(33-21)23(30)31-2/h3-10H,11-12H2,1-2H3,(H,28,29). The van der Waals surface area contributed by atoms with Gasteiger partial charge in [-0.1, -0.05) is 34.1 Å². The highest BCUT2D eigenvalue weighted by Gasteiger charge is 2.25. The second kappa shape index (κ2) is 11.0. The van der Waals surface area contributed by atoms with E-state index in [-0.39, 0.29) is 16.5 Å². The number of rotatable bonds is 8. The lowest BCUT2D eigenvalue weighted by Crippen LogP contribution is -2.27. The molecule has 1 aromatic heterocycles. The lowest BCUT2D eigenvalue weighted by Gasteiger charge is -2.21. The summed E-state index contributed by atoms with van der Waals surface area (Å²) >= 11 is 7.97. The second-order valence-electron chi connectivity index (χ2n) is 6.86. The smallest absolute Gasteiger partial charge is 0.351 e. The fourth-order valence-electron chi connectivity index (χ4n) is 3.07. The molecule has 0 saturated carbocycles. The minimum atomic E-state index is -1.16. The zero-order chi connectivity index (χ0) is 24.1. The first-order valence-electron chi connectivity index (χ1n) is 9.59. The molecule has 0 spiro atoms. The zero-order valence-electron chi connectivity index (χ0n) is 17.6. The number of anilines is 1. The van der Waals surface area contributed by atoms with Gasteiger partial charge in [0.25, 0.3) is 0 Å². The van der Waals surface area contributed by atoms with E-state index in [4.69, 9.17) is 14.6 Å². The number of halogens is 2. The molecule has 0 saturated heterocycles. The normalized spacial score (nSPS) is 10.5. The maximum atomic E-state index is 12.3. The molecule has 0 aliphatic carbocycles. The maximum Gasteiger partial charge on any atom is 0.351 e. The van der Waals surface area contributed by atoms with Gasteiger partial charge in [0.2, 0.25) is 5.91 Å². The Kier molecular flexibility index (Phi) is 8.28. The predicted molar refractivity (Wildman–Crippen MR) is 133 cm³/mol. The molecule has 0 radical (unpaired) electrons. The zero-order valence-corrected chi connectivity index (χ0v) is 21.6. The molecule has 1 heterocycles. The van der Waals surface area contributed by atoms with Crippen LogP contribution < -0.4 is 9.64 Å². The third-order valence-corrected chi connectivity index (χ3v) is 7.32. The topological polar surface area (TPSA) is 93.1 Å². The second-order valence-corrected chi connectivity index (χ2v) is 9.59. The van der Waals surface area contributed by atoms with Gasteiger partial charge in [0.1, 0.15) is 0 Å². The molecule has 172 valence electrons. The van der Waals surface area contributed by atoms with Crippen LogP contribution in [0.1, 0.15) is 22.2 Å². The van der Waals surface area contributed by atoms with Crippen molar-refractivity contribution in [2.45, 2.75) is 13.5 Å². The average molecular weight is 597 g/mol. The van der Waals surface area contributed by atoms with E-state index in [1.165, 1.54) is 14.0 Å². The number of carbonyl (C=O) groups is 3. The number of thiophene rings is 1. The molecular formula is C23H19Br2NO6S. The predicted octanol–water partition coefficient (Wildman–Crippen LogP) is 5.74. The van der Waals surface area contributed by atoms with Crippen LogP contribution in [0.15, 0.2) is 57.5 Å². The highest BCUT2D eigenvalue weighted by molar-refractivity contribution is 9.11. The molecule has 33 heavy (non-hydrogen) atoms. The van der Waals surface area contributed by atoms with Gasteiger partial charge >= 0.3 is 11.9 Å². The van der Waals surface area contributed by atoms with Gasteiger partial charge in [-0.2, -0.15) is 0 Å². The quantitative estimate of drug-likeness (QED) is 0.333. The van der Waals surface area contributed by atoms with Crippen molar-refractivity contribution in [1.29, 1.82) is 0 Å². The Morgan fingerprint density at radius 1 is 1.09 bits per heavy atom. The first kappa shape index (κ1) is 24.9. The van der Waals surface area contributed by atoms with Crippen LogP contribution in [-0.2, 0) is 20.9 Å². The van der Waals surface area contributed by atoms with E-state index < -0.39 is 18.5 Å². The van der Waals surface area contributed by atoms with Gasteiger partial charge in [-0.15, -0.1) is 11.3 Å². The Bertz CT molecular complexity index is 1190. The van der Waals surface area contributed by atoms with Crippen molar-refractivity contribution in [2.24, 2.45) is 0 Å². The van der Waals surface area contributed by atoms with E-state index >= 15 is 0 Å².